The summed E-state index contributed by atoms with van der Waals surface area (Å²) in [6, 6.07) is 2.36. The molecule has 1 aliphatic carbocycles. The van der Waals surface area contributed by atoms with Gasteiger partial charge in [-0.25, -0.2) is 13.2 Å². The Kier molecular flexibility index (Phi) is 2.23. The van der Waals surface area contributed by atoms with Gasteiger partial charge in [0.25, 0.3) is 6.43 Å². The zero-order valence-corrected chi connectivity index (χ0v) is 7.43. The van der Waals surface area contributed by atoms with Gasteiger partial charge in [0, 0.05) is 6.04 Å². The van der Waals surface area contributed by atoms with Gasteiger partial charge in [-0.1, -0.05) is 6.07 Å². The van der Waals surface area contributed by atoms with Gasteiger partial charge in [-0.3, -0.25) is 0 Å². The average Bonchev–Trinajstić information content (AvgIpc) is 2.47. The Hall–Kier alpha value is -1.03. The van der Waals surface area contributed by atoms with E-state index in [4.69, 9.17) is 5.73 Å². The number of alkyl halides is 2. The second kappa shape index (κ2) is 3.28. The van der Waals surface area contributed by atoms with Crippen molar-refractivity contribution in [1.29, 1.82) is 0 Å². The molecule has 0 fully saturated rings. The molecule has 0 bridgehead atoms. The van der Waals surface area contributed by atoms with Gasteiger partial charge in [0.15, 0.2) is 0 Å². The van der Waals surface area contributed by atoms with Gasteiger partial charge in [-0.05, 0) is 30.0 Å². The van der Waals surface area contributed by atoms with Crippen LogP contribution in [-0.4, -0.2) is 0 Å². The Balaban J connectivity index is 2.59. The highest BCUT2D eigenvalue weighted by Gasteiger charge is 2.27. The number of rotatable bonds is 1. The number of benzene rings is 1. The third kappa shape index (κ3) is 1.30. The van der Waals surface area contributed by atoms with E-state index in [9.17, 15) is 13.2 Å². The van der Waals surface area contributed by atoms with E-state index in [1.165, 1.54) is 6.07 Å². The SMILES string of the molecule is NC1CCc2c1ccc(F)c2C(F)F. The molecule has 76 valence electrons. The predicted molar refractivity (Wildman–Crippen MR) is 46.6 cm³/mol. The molecule has 0 heterocycles. The molecule has 0 aliphatic heterocycles. The predicted octanol–water partition coefficient (Wildman–Crippen LogP) is 2.71. The molecule has 0 saturated carbocycles. The maximum Gasteiger partial charge on any atom is 0.266 e. The fraction of sp³-hybridized carbons (Fsp3) is 0.400. The molecule has 14 heavy (non-hydrogen) atoms. The quantitative estimate of drug-likeness (QED) is 0.742. The van der Waals surface area contributed by atoms with Crippen LogP contribution in [0.4, 0.5) is 13.2 Å². The maximum absolute atomic E-state index is 13.1. The molecule has 4 heteroatoms. The first kappa shape index (κ1) is 9.52. The molecule has 0 amide bonds. The minimum Gasteiger partial charge on any atom is -0.324 e. The van der Waals surface area contributed by atoms with E-state index < -0.39 is 17.8 Å². The van der Waals surface area contributed by atoms with Crippen molar-refractivity contribution in [3.8, 4) is 0 Å². The Bertz CT molecular complexity index is 363. The van der Waals surface area contributed by atoms with Crippen LogP contribution in [-0.2, 0) is 6.42 Å². The van der Waals surface area contributed by atoms with Crippen LogP contribution in [0.2, 0.25) is 0 Å². The third-order valence-electron chi connectivity index (χ3n) is 2.66. The lowest BCUT2D eigenvalue weighted by Crippen LogP contribution is -2.06. The Morgan fingerprint density at radius 3 is 2.71 bits per heavy atom. The van der Waals surface area contributed by atoms with Crippen LogP contribution >= 0.6 is 0 Å². The number of fused-ring (bicyclic) bond motifs is 1. The second-order valence-corrected chi connectivity index (χ2v) is 3.47. The molecule has 1 aromatic rings. The largest absolute Gasteiger partial charge is 0.324 e. The summed E-state index contributed by atoms with van der Waals surface area (Å²) < 4.78 is 38.2. The van der Waals surface area contributed by atoms with Gasteiger partial charge in [-0.15, -0.1) is 0 Å². The van der Waals surface area contributed by atoms with E-state index in [-0.39, 0.29) is 6.04 Å². The average molecular weight is 201 g/mol. The molecule has 2 N–H and O–H groups in total. The van der Waals surface area contributed by atoms with E-state index in [2.05, 4.69) is 0 Å². The summed E-state index contributed by atoms with van der Waals surface area (Å²) in [6.07, 6.45) is -1.68. The van der Waals surface area contributed by atoms with Crippen molar-refractivity contribution in [1.82, 2.24) is 0 Å². The monoisotopic (exact) mass is 201 g/mol. The van der Waals surface area contributed by atoms with Crippen LogP contribution in [0.15, 0.2) is 12.1 Å². The van der Waals surface area contributed by atoms with E-state index >= 15 is 0 Å². The van der Waals surface area contributed by atoms with Gasteiger partial charge < -0.3 is 5.73 Å². The zero-order chi connectivity index (χ0) is 10.3. The second-order valence-electron chi connectivity index (χ2n) is 3.47. The lowest BCUT2D eigenvalue weighted by Gasteiger charge is -2.09. The molecule has 1 unspecified atom stereocenters. The Morgan fingerprint density at radius 1 is 1.36 bits per heavy atom. The van der Waals surface area contributed by atoms with Gasteiger partial charge in [0.1, 0.15) is 5.82 Å². The molecule has 0 radical (unpaired) electrons. The van der Waals surface area contributed by atoms with E-state index in [0.717, 1.165) is 6.07 Å². The van der Waals surface area contributed by atoms with Crippen LogP contribution in [0.25, 0.3) is 0 Å². The minimum atomic E-state index is -2.75. The summed E-state index contributed by atoms with van der Waals surface area (Å²) in [5.74, 6) is -0.826. The molecular weight excluding hydrogens is 191 g/mol. The summed E-state index contributed by atoms with van der Waals surface area (Å²) in [5.41, 5.74) is 6.31. The lowest BCUT2D eigenvalue weighted by molar-refractivity contribution is 0.145. The van der Waals surface area contributed by atoms with Gasteiger partial charge >= 0.3 is 0 Å². The first-order chi connectivity index (χ1) is 6.61. The summed E-state index contributed by atoms with van der Waals surface area (Å²) in [6.45, 7) is 0. The Labute approximate surface area is 79.7 Å². The fourth-order valence-electron chi connectivity index (χ4n) is 1.97. The third-order valence-corrected chi connectivity index (χ3v) is 2.66. The molecule has 0 saturated heterocycles. The Morgan fingerprint density at radius 2 is 2.07 bits per heavy atom. The molecule has 1 nitrogen and oxygen atoms in total. The van der Waals surface area contributed by atoms with Crippen LogP contribution in [0.5, 0.6) is 0 Å². The normalized spacial score (nSPS) is 20.2. The number of hydrogen-bond acceptors (Lipinski definition) is 1. The fourth-order valence-corrected chi connectivity index (χ4v) is 1.97. The molecule has 1 aromatic carbocycles. The number of hydrogen-bond donors (Lipinski definition) is 1. The van der Waals surface area contributed by atoms with Crippen molar-refractivity contribution in [2.45, 2.75) is 25.3 Å². The van der Waals surface area contributed by atoms with Gasteiger partial charge in [-0.2, -0.15) is 0 Å². The van der Waals surface area contributed by atoms with E-state index in [1.807, 2.05) is 0 Å². The molecule has 1 aliphatic rings. The van der Waals surface area contributed by atoms with Crippen molar-refractivity contribution < 1.29 is 13.2 Å². The smallest absolute Gasteiger partial charge is 0.266 e. The highest BCUT2D eigenvalue weighted by Crippen LogP contribution is 2.37. The first-order valence-corrected chi connectivity index (χ1v) is 4.46. The zero-order valence-electron chi connectivity index (χ0n) is 7.43. The minimum absolute atomic E-state index is 0.219. The molecule has 0 spiro atoms. The van der Waals surface area contributed by atoms with Crippen molar-refractivity contribution in [2.24, 2.45) is 5.73 Å². The van der Waals surface area contributed by atoms with Crippen molar-refractivity contribution in [2.75, 3.05) is 0 Å². The number of halogens is 3. The van der Waals surface area contributed by atoms with E-state index in [0.29, 0.717) is 24.0 Å². The van der Waals surface area contributed by atoms with E-state index in [1.54, 1.807) is 0 Å². The molecule has 0 aromatic heterocycles. The first-order valence-electron chi connectivity index (χ1n) is 4.46. The summed E-state index contributed by atoms with van der Waals surface area (Å²) in [5, 5.41) is 0. The highest BCUT2D eigenvalue weighted by molar-refractivity contribution is 5.42. The summed E-state index contributed by atoms with van der Waals surface area (Å²) >= 11 is 0. The molecule has 1 atom stereocenters. The summed E-state index contributed by atoms with van der Waals surface area (Å²) in [7, 11) is 0. The van der Waals surface area contributed by atoms with Crippen LogP contribution in [0, 0.1) is 5.82 Å². The number of nitrogens with two attached hydrogens (primary N) is 1. The van der Waals surface area contributed by atoms with Crippen molar-refractivity contribution in [3.05, 3.63) is 34.6 Å². The van der Waals surface area contributed by atoms with Crippen LogP contribution in [0.1, 0.15) is 35.6 Å². The van der Waals surface area contributed by atoms with Crippen LogP contribution in [0.3, 0.4) is 0 Å². The van der Waals surface area contributed by atoms with Gasteiger partial charge in [0.2, 0.25) is 0 Å². The molecule has 2 rings (SSSR count). The topological polar surface area (TPSA) is 26.0 Å². The highest BCUT2D eigenvalue weighted by atomic mass is 19.3. The standard InChI is InChI=1S/C10H10F3N/c11-7-3-1-5-6(2-4-8(5)14)9(7)10(12)13/h1,3,8,10H,2,4,14H2. The maximum atomic E-state index is 13.1. The molecular formula is C10H10F3N. The van der Waals surface area contributed by atoms with Crippen molar-refractivity contribution >= 4 is 0 Å². The summed E-state index contributed by atoms with van der Waals surface area (Å²) in [4.78, 5) is 0. The van der Waals surface area contributed by atoms with Crippen molar-refractivity contribution in [3.63, 3.8) is 0 Å². The van der Waals surface area contributed by atoms with Crippen LogP contribution < -0.4 is 5.73 Å². The lowest BCUT2D eigenvalue weighted by atomic mass is 10.0. The van der Waals surface area contributed by atoms with Gasteiger partial charge in [0.05, 0.1) is 5.56 Å².